The van der Waals surface area contributed by atoms with Gasteiger partial charge in [-0.1, -0.05) is 32.3 Å². The molecular formula is C19H26N2O2. The van der Waals surface area contributed by atoms with Crippen molar-refractivity contribution in [2.24, 2.45) is 5.92 Å². The Morgan fingerprint density at radius 1 is 1.35 bits per heavy atom. The summed E-state index contributed by atoms with van der Waals surface area (Å²) in [6.07, 6.45) is 6.67. The zero-order valence-electron chi connectivity index (χ0n) is 14.2. The van der Waals surface area contributed by atoms with Crippen LogP contribution in [0.3, 0.4) is 0 Å². The molecule has 1 aliphatic heterocycles. The number of carbonyl (C=O) groups is 1. The molecule has 1 saturated heterocycles. The van der Waals surface area contributed by atoms with E-state index in [1.807, 2.05) is 30.0 Å². The predicted octanol–water partition coefficient (Wildman–Crippen LogP) is 4.11. The predicted molar refractivity (Wildman–Crippen MR) is 91.3 cm³/mol. The largest absolute Gasteiger partial charge is 0.441 e. The fourth-order valence-electron chi connectivity index (χ4n) is 3.44. The maximum Gasteiger partial charge on any atom is 0.226 e. The first-order valence-corrected chi connectivity index (χ1v) is 8.79. The van der Waals surface area contributed by atoms with Crippen LogP contribution >= 0.6 is 0 Å². The van der Waals surface area contributed by atoms with E-state index in [1.165, 1.54) is 19.3 Å². The number of fused-ring (bicyclic) bond motifs is 1. The van der Waals surface area contributed by atoms with E-state index in [0.717, 1.165) is 48.5 Å². The second-order valence-electron chi connectivity index (χ2n) is 6.68. The highest BCUT2D eigenvalue weighted by atomic mass is 16.3. The van der Waals surface area contributed by atoms with Gasteiger partial charge in [0, 0.05) is 20.0 Å². The minimum Gasteiger partial charge on any atom is -0.441 e. The van der Waals surface area contributed by atoms with Crippen LogP contribution in [0.1, 0.15) is 50.5 Å². The van der Waals surface area contributed by atoms with Crippen LogP contribution in [0.5, 0.6) is 0 Å². The van der Waals surface area contributed by atoms with Gasteiger partial charge >= 0.3 is 0 Å². The van der Waals surface area contributed by atoms with Crippen molar-refractivity contribution >= 4 is 17.0 Å². The highest BCUT2D eigenvalue weighted by Gasteiger charge is 2.22. The number of amides is 1. The summed E-state index contributed by atoms with van der Waals surface area (Å²) in [5.41, 5.74) is 2.63. The van der Waals surface area contributed by atoms with Gasteiger partial charge in [0.05, 0.1) is 6.42 Å². The van der Waals surface area contributed by atoms with Crippen molar-refractivity contribution in [2.45, 2.75) is 52.4 Å². The highest BCUT2D eigenvalue weighted by molar-refractivity contribution is 5.81. The molecule has 1 aromatic heterocycles. The van der Waals surface area contributed by atoms with Gasteiger partial charge < -0.3 is 9.32 Å². The van der Waals surface area contributed by atoms with Gasteiger partial charge in [0.15, 0.2) is 11.5 Å². The number of piperidine rings is 1. The molecule has 0 saturated carbocycles. The number of rotatable bonds is 5. The van der Waals surface area contributed by atoms with Crippen LogP contribution in [-0.2, 0) is 11.2 Å². The molecule has 0 spiro atoms. The number of unbranched alkanes of at least 4 members (excludes halogenated alkanes) is 1. The molecule has 0 bridgehead atoms. The summed E-state index contributed by atoms with van der Waals surface area (Å²) >= 11 is 0. The van der Waals surface area contributed by atoms with E-state index in [-0.39, 0.29) is 5.91 Å². The second-order valence-corrected chi connectivity index (χ2v) is 6.68. The van der Waals surface area contributed by atoms with Crippen molar-refractivity contribution in [3.63, 3.8) is 0 Å². The average Bonchev–Trinajstić information content (AvgIpc) is 2.92. The van der Waals surface area contributed by atoms with Gasteiger partial charge in [-0.25, -0.2) is 4.98 Å². The number of nitrogens with zero attached hydrogens (tertiary/aromatic N) is 2. The smallest absolute Gasteiger partial charge is 0.226 e. The van der Waals surface area contributed by atoms with Crippen LogP contribution in [0.25, 0.3) is 11.1 Å². The molecule has 4 nitrogen and oxygen atoms in total. The van der Waals surface area contributed by atoms with E-state index in [4.69, 9.17) is 4.42 Å². The van der Waals surface area contributed by atoms with Crippen LogP contribution in [0.15, 0.2) is 22.6 Å². The van der Waals surface area contributed by atoms with E-state index >= 15 is 0 Å². The Morgan fingerprint density at radius 2 is 2.13 bits per heavy atom. The lowest BCUT2D eigenvalue weighted by Crippen LogP contribution is -2.39. The maximum atomic E-state index is 12.5. The zero-order valence-corrected chi connectivity index (χ0v) is 14.2. The van der Waals surface area contributed by atoms with Crippen molar-refractivity contribution in [3.8, 4) is 0 Å². The Hall–Kier alpha value is -1.84. The zero-order chi connectivity index (χ0) is 16.2. The third kappa shape index (κ3) is 3.92. The Kier molecular flexibility index (Phi) is 4.99. The van der Waals surface area contributed by atoms with Crippen LogP contribution in [-0.4, -0.2) is 28.9 Å². The summed E-state index contributed by atoms with van der Waals surface area (Å²) in [4.78, 5) is 18.8. The van der Waals surface area contributed by atoms with E-state index < -0.39 is 0 Å². The first-order valence-electron chi connectivity index (χ1n) is 8.79. The number of hydrogen-bond acceptors (Lipinski definition) is 3. The van der Waals surface area contributed by atoms with Crippen molar-refractivity contribution in [1.82, 2.24) is 9.88 Å². The minimum atomic E-state index is 0.231. The molecule has 1 fully saturated rings. The van der Waals surface area contributed by atoms with E-state index in [9.17, 15) is 4.79 Å². The molecule has 1 aromatic carbocycles. The van der Waals surface area contributed by atoms with Gasteiger partial charge in [0.2, 0.25) is 5.91 Å². The Bertz CT molecular complexity index is 669. The molecule has 23 heavy (non-hydrogen) atoms. The molecule has 0 radical (unpaired) electrons. The Balaban J connectivity index is 1.56. The molecule has 1 aliphatic rings. The first kappa shape index (κ1) is 16.0. The lowest BCUT2D eigenvalue weighted by molar-refractivity contribution is -0.131. The summed E-state index contributed by atoms with van der Waals surface area (Å²) in [5, 5.41) is 0. The van der Waals surface area contributed by atoms with Crippen molar-refractivity contribution < 1.29 is 9.21 Å². The molecule has 0 aliphatic carbocycles. The lowest BCUT2D eigenvalue weighted by atomic mass is 9.91. The number of carbonyl (C=O) groups excluding carboxylic acids is 1. The lowest BCUT2D eigenvalue weighted by Gasteiger charge is -2.32. The number of likely N-dealkylation sites (tertiary alicyclic amines) is 1. The summed E-state index contributed by atoms with van der Waals surface area (Å²) in [7, 11) is 0. The van der Waals surface area contributed by atoms with Gasteiger partial charge in [-0.2, -0.15) is 0 Å². The summed E-state index contributed by atoms with van der Waals surface area (Å²) < 4.78 is 5.55. The van der Waals surface area contributed by atoms with E-state index in [1.54, 1.807) is 0 Å². The summed E-state index contributed by atoms with van der Waals surface area (Å²) in [6.45, 7) is 5.91. The summed E-state index contributed by atoms with van der Waals surface area (Å²) in [6, 6.07) is 5.86. The van der Waals surface area contributed by atoms with Crippen LogP contribution < -0.4 is 0 Å². The number of benzene rings is 1. The molecule has 0 atom stereocenters. The third-order valence-electron chi connectivity index (χ3n) is 4.85. The van der Waals surface area contributed by atoms with Gasteiger partial charge in [-0.05, 0) is 36.5 Å². The molecule has 2 aromatic rings. The fraction of sp³-hybridized carbons (Fsp3) is 0.579. The van der Waals surface area contributed by atoms with Crippen LogP contribution in [0.2, 0.25) is 0 Å². The third-order valence-corrected chi connectivity index (χ3v) is 4.85. The standard InChI is InChI=1S/C19H26N2O2/c1-3-4-5-15-8-10-21(11-9-15)19(22)13-16-6-7-17-18(12-16)23-14(2)20-17/h6-7,12,15H,3-5,8-11,13H2,1-2H3. The first-order chi connectivity index (χ1) is 11.2. The van der Waals surface area contributed by atoms with E-state index in [0.29, 0.717) is 12.3 Å². The normalized spacial score (nSPS) is 16.2. The average molecular weight is 314 g/mol. The molecule has 2 heterocycles. The Morgan fingerprint density at radius 3 is 2.87 bits per heavy atom. The molecule has 0 unspecified atom stereocenters. The number of aryl methyl sites for hydroxylation is 1. The van der Waals surface area contributed by atoms with Crippen molar-refractivity contribution in [3.05, 3.63) is 29.7 Å². The topological polar surface area (TPSA) is 46.3 Å². The van der Waals surface area contributed by atoms with Crippen LogP contribution in [0.4, 0.5) is 0 Å². The molecule has 1 amide bonds. The second kappa shape index (κ2) is 7.16. The van der Waals surface area contributed by atoms with Gasteiger partial charge in [0.25, 0.3) is 0 Å². The van der Waals surface area contributed by atoms with Crippen LogP contribution in [0, 0.1) is 12.8 Å². The number of hydrogen-bond donors (Lipinski definition) is 0. The number of aromatic nitrogens is 1. The van der Waals surface area contributed by atoms with Crippen molar-refractivity contribution in [2.75, 3.05) is 13.1 Å². The minimum absolute atomic E-state index is 0.231. The van der Waals surface area contributed by atoms with Crippen molar-refractivity contribution in [1.29, 1.82) is 0 Å². The van der Waals surface area contributed by atoms with E-state index in [2.05, 4.69) is 11.9 Å². The molecule has 124 valence electrons. The van der Waals surface area contributed by atoms with Gasteiger partial charge in [0.1, 0.15) is 5.52 Å². The SMILES string of the molecule is CCCCC1CCN(C(=O)Cc2ccc3nc(C)oc3c2)CC1. The molecular weight excluding hydrogens is 288 g/mol. The molecule has 4 heteroatoms. The Labute approximate surface area is 137 Å². The van der Waals surface area contributed by atoms with Gasteiger partial charge in [-0.15, -0.1) is 0 Å². The highest BCUT2D eigenvalue weighted by Crippen LogP contribution is 2.23. The molecule has 0 N–H and O–H groups in total. The fourth-order valence-corrected chi connectivity index (χ4v) is 3.44. The van der Waals surface area contributed by atoms with Gasteiger partial charge in [-0.3, -0.25) is 4.79 Å². The molecule has 3 rings (SSSR count). The number of oxazole rings is 1. The maximum absolute atomic E-state index is 12.5. The quantitative estimate of drug-likeness (QED) is 0.834. The summed E-state index contributed by atoms with van der Waals surface area (Å²) in [5.74, 6) is 1.71. The monoisotopic (exact) mass is 314 g/mol.